The number of nitro benzene ring substituents is 1. The lowest BCUT2D eigenvalue weighted by atomic mass is 10.1. The van der Waals surface area contributed by atoms with Crippen molar-refractivity contribution in [1.29, 1.82) is 0 Å². The maximum atomic E-state index is 11.4. The fraction of sp³-hybridized carbons (Fsp3) is 0.188. The van der Waals surface area contributed by atoms with E-state index in [9.17, 15) is 14.9 Å². The highest BCUT2D eigenvalue weighted by Crippen LogP contribution is 2.36. The van der Waals surface area contributed by atoms with Crippen LogP contribution < -0.4 is 14.2 Å². The van der Waals surface area contributed by atoms with Crippen molar-refractivity contribution >= 4 is 11.5 Å². The van der Waals surface area contributed by atoms with Crippen LogP contribution >= 0.6 is 0 Å². The number of ketones is 1. The molecule has 120 valence electrons. The maximum absolute atomic E-state index is 11.4. The Hall–Kier alpha value is -3.09. The Morgan fingerprint density at radius 3 is 2.22 bits per heavy atom. The Kier molecular flexibility index (Phi) is 4.80. The highest BCUT2D eigenvalue weighted by atomic mass is 16.6. The minimum Gasteiger partial charge on any atom is -0.493 e. The lowest BCUT2D eigenvalue weighted by Crippen LogP contribution is -1.98. The lowest BCUT2D eigenvalue weighted by molar-refractivity contribution is -0.385. The molecule has 2 aromatic rings. The summed E-state index contributed by atoms with van der Waals surface area (Å²) in [6, 6.07) is 8.85. The Morgan fingerprint density at radius 2 is 1.65 bits per heavy atom. The molecular formula is C16H15NO6. The van der Waals surface area contributed by atoms with Gasteiger partial charge in [0.25, 0.3) is 0 Å². The summed E-state index contributed by atoms with van der Waals surface area (Å²) < 4.78 is 15.8. The lowest BCUT2D eigenvalue weighted by Gasteiger charge is -2.11. The van der Waals surface area contributed by atoms with Crippen LogP contribution in [0.2, 0.25) is 0 Å². The normalized spacial score (nSPS) is 10.0. The van der Waals surface area contributed by atoms with Crippen molar-refractivity contribution in [2.45, 2.75) is 6.92 Å². The van der Waals surface area contributed by atoms with E-state index >= 15 is 0 Å². The van der Waals surface area contributed by atoms with Gasteiger partial charge < -0.3 is 14.2 Å². The predicted molar refractivity (Wildman–Crippen MR) is 82.7 cm³/mol. The van der Waals surface area contributed by atoms with Gasteiger partial charge in [0, 0.05) is 17.7 Å². The fourth-order valence-electron chi connectivity index (χ4n) is 1.97. The van der Waals surface area contributed by atoms with Crippen molar-refractivity contribution in [3.63, 3.8) is 0 Å². The molecule has 0 saturated heterocycles. The van der Waals surface area contributed by atoms with E-state index in [4.69, 9.17) is 14.2 Å². The van der Waals surface area contributed by atoms with Gasteiger partial charge in [-0.05, 0) is 31.2 Å². The molecule has 0 aromatic heterocycles. The van der Waals surface area contributed by atoms with Crippen LogP contribution in [-0.4, -0.2) is 24.9 Å². The van der Waals surface area contributed by atoms with E-state index in [1.807, 2.05) is 0 Å². The summed E-state index contributed by atoms with van der Waals surface area (Å²) in [5, 5.41) is 11.2. The first kappa shape index (κ1) is 16.3. The summed E-state index contributed by atoms with van der Waals surface area (Å²) >= 11 is 0. The number of nitrogens with zero attached hydrogens (tertiary/aromatic N) is 1. The quantitative estimate of drug-likeness (QED) is 0.459. The molecule has 7 nitrogen and oxygen atoms in total. The largest absolute Gasteiger partial charge is 0.493 e. The average Bonchev–Trinajstić information content (AvgIpc) is 2.54. The Morgan fingerprint density at radius 1 is 1.00 bits per heavy atom. The summed E-state index contributed by atoms with van der Waals surface area (Å²) in [5.74, 6) is 1.08. The van der Waals surface area contributed by atoms with Crippen LogP contribution in [0.15, 0.2) is 36.4 Å². The number of carbonyl (C=O) groups excluding carboxylic acids is 1. The van der Waals surface area contributed by atoms with Gasteiger partial charge in [0.15, 0.2) is 17.3 Å². The first-order valence-electron chi connectivity index (χ1n) is 6.65. The molecule has 0 N–H and O–H groups in total. The predicted octanol–water partition coefficient (Wildman–Crippen LogP) is 3.61. The van der Waals surface area contributed by atoms with Gasteiger partial charge in [-0.3, -0.25) is 14.9 Å². The first-order valence-corrected chi connectivity index (χ1v) is 6.65. The van der Waals surface area contributed by atoms with Gasteiger partial charge >= 0.3 is 5.69 Å². The molecular weight excluding hydrogens is 302 g/mol. The summed E-state index contributed by atoms with van der Waals surface area (Å²) in [7, 11) is 2.98. The molecule has 2 rings (SSSR count). The molecule has 0 atom stereocenters. The van der Waals surface area contributed by atoms with E-state index in [0.29, 0.717) is 17.2 Å². The highest BCUT2D eigenvalue weighted by Gasteiger charge is 2.18. The molecule has 0 aliphatic heterocycles. The molecule has 0 aliphatic rings. The van der Waals surface area contributed by atoms with Crippen molar-refractivity contribution in [2.75, 3.05) is 14.2 Å². The van der Waals surface area contributed by atoms with Crippen LogP contribution in [0.3, 0.4) is 0 Å². The molecule has 0 aliphatic carbocycles. The molecule has 0 saturated carbocycles. The van der Waals surface area contributed by atoms with Gasteiger partial charge in [-0.15, -0.1) is 0 Å². The van der Waals surface area contributed by atoms with Crippen LogP contribution in [-0.2, 0) is 0 Å². The third kappa shape index (κ3) is 3.57. The van der Waals surface area contributed by atoms with E-state index in [2.05, 4.69) is 0 Å². The number of Topliss-reactive ketones (excluding diaryl/α,β-unsaturated/α-hetero) is 1. The van der Waals surface area contributed by atoms with Gasteiger partial charge in [-0.1, -0.05) is 0 Å². The number of benzene rings is 2. The molecule has 0 spiro atoms. The number of rotatable bonds is 6. The first-order chi connectivity index (χ1) is 11.0. The number of nitro groups is 1. The van der Waals surface area contributed by atoms with Gasteiger partial charge in [-0.25, -0.2) is 0 Å². The minimum atomic E-state index is -0.595. The second-order valence-electron chi connectivity index (χ2n) is 4.61. The monoisotopic (exact) mass is 317 g/mol. The maximum Gasteiger partial charge on any atom is 0.312 e. The zero-order chi connectivity index (χ0) is 17.0. The molecule has 0 unspecified atom stereocenters. The summed E-state index contributed by atoms with van der Waals surface area (Å²) in [4.78, 5) is 21.9. The zero-order valence-corrected chi connectivity index (χ0v) is 12.9. The van der Waals surface area contributed by atoms with Crippen molar-refractivity contribution in [3.05, 3.63) is 52.1 Å². The number of methoxy groups -OCH3 is 2. The van der Waals surface area contributed by atoms with E-state index in [0.717, 1.165) is 0 Å². The van der Waals surface area contributed by atoms with Crippen molar-refractivity contribution in [3.8, 4) is 23.0 Å². The minimum absolute atomic E-state index is 0.0345. The standard InChI is InChI=1S/C16H15NO6/c1-10(18)11-4-6-14(13(8-11)17(19)20)23-12-5-7-15(21-2)16(9-12)22-3/h4-9H,1-3H3. The topological polar surface area (TPSA) is 87.9 Å². The molecule has 0 amide bonds. The summed E-state index contributed by atoms with van der Waals surface area (Å²) in [5.41, 5.74) is -0.0381. The second kappa shape index (κ2) is 6.78. The summed E-state index contributed by atoms with van der Waals surface area (Å²) in [6.07, 6.45) is 0. The smallest absolute Gasteiger partial charge is 0.312 e. The van der Waals surface area contributed by atoms with E-state index in [1.165, 1.54) is 39.3 Å². The Labute approximate surface area is 132 Å². The molecule has 0 radical (unpaired) electrons. The number of ether oxygens (including phenoxy) is 3. The number of hydrogen-bond acceptors (Lipinski definition) is 6. The third-order valence-electron chi connectivity index (χ3n) is 3.14. The number of hydrogen-bond donors (Lipinski definition) is 0. The molecule has 23 heavy (non-hydrogen) atoms. The van der Waals surface area contributed by atoms with Crippen LogP contribution in [0.1, 0.15) is 17.3 Å². The van der Waals surface area contributed by atoms with Crippen molar-refractivity contribution < 1.29 is 23.9 Å². The van der Waals surface area contributed by atoms with E-state index in [-0.39, 0.29) is 22.8 Å². The molecule has 0 heterocycles. The van der Waals surface area contributed by atoms with Gasteiger partial charge in [0.05, 0.1) is 19.1 Å². The summed E-state index contributed by atoms with van der Waals surface area (Å²) in [6.45, 7) is 1.34. The molecule has 0 fully saturated rings. The number of carbonyl (C=O) groups is 1. The fourth-order valence-corrected chi connectivity index (χ4v) is 1.97. The van der Waals surface area contributed by atoms with Crippen molar-refractivity contribution in [2.24, 2.45) is 0 Å². The van der Waals surface area contributed by atoms with E-state index in [1.54, 1.807) is 18.2 Å². The zero-order valence-electron chi connectivity index (χ0n) is 12.9. The average molecular weight is 317 g/mol. The van der Waals surface area contributed by atoms with Crippen LogP contribution in [0.5, 0.6) is 23.0 Å². The second-order valence-corrected chi connectivity index (χ2v) is 4.61. The van der Waals surface area contributed by atoms with Crippen molar-refractivity contribution in [1.82, 2.24) is 0 Å². The van der Waals surface area contributed by atoms with Gasteiger partial charge in [-0.2, -0.15) is 0 Å². The van der Waals surface area contributed by atoms with Gasteiger partial charge in [0.2, 0.25) is 5.75 Å². The Bertz CT molecular complexity index is 756. The van der Waals surface area contributed by atoms with Gasteiger partial charge in [0.1, 0.15) is 5.75 Å². The molecule has 7 heteroatoms. The van der Waals surface area contributed by atoms with Crippen LogP contribution in [0.25, 0.3) is 0 Å². The third-order valence-corrected chi connectivity index (χ3v) is 3.14. The van der Waals surface area contributed by atoms with Crippen LogP contribution in [0, 0.1) is 10.1 Å². The van der Waals surface area contributed by atoms with E-state index < -0.39 is 4.92 Å². The van der Waals surface area contributed by atoms with Crippen LogP contribution in [0.4, 0.5) is 5.69 Å². The molecule has 0 bridgehead atoms. The SMILES string of the molecule is COc1ccc(Oc2ccc(C(C)=O)cc2[N+](=O)[O-])cc1OC. The Balaban J connectivity index is 2.40. The highest BCUT2D eigenvalue weighted by molar-refractivity contribution is 5.95. The molecule has 2 aromatic carbocycles.